The Labute approximate surface area is 115 Å². The minimum absolute atomic E-state index is 0.365. The van der Waals surface area contributed by atoms with E-state index in [9.17, 15) is 0 Å². The lowest BCUT2D eigenvalue weighted by atomic mass is 9.55. The minimum atomic E-state index is 0.365. The third kappa shape index (κ3) is 2.40. The predicted molar refractivity (Wildman–Crippen MR) is 78.5 cm³/mol. The van der Waals surface area contributed by atoms with Gasteiger partial charge in [0.05, 0.1) is 0 Å². The first kappa shape index (κ1) is 12.4. The molecule has 4 aliphatic carbocycles. The van der Waals surface area contributed by atoms with Crippen LogP contribution in [-0.4, -0.2) is 16.9 Å². The van der Waals surface area contributed by atoms with Crippen LogP contribution in [0, 0.1) is 23.7 Å². The topological polar surface area (TPSA) is 36.4 Å². The normalized spacial score (nSPS) is 36.9. The summed E-state index contributed by atoms with van der Waals surface area (Å²) in [5, 5.41) is 8.48. The first-order valence-electron chi connectivity index (χ1n) is 7.25. The average Bonchev–Trinajstić information content (AvgIpc) is 2.25. The Hall–Kier alpha value is -0.640. The van der Waals surface area contributed by atoms with E-state index in [4.69, 9.17) is 12.2 Å². The molecule has 4 rings (SSSR count). The van der Waals surface area contributed by atoms with Crippen molar-refractivity contribution in [1.29, 1.82) is 0 Å². The molecule has 0 radical (unpaired) electrons. The van der Waals surface area contributed by atoms with Crippen LogP contribution < -0.4 is 10.7 Å². The van der Waals surface area contributed by atoms with E-state index in [-0.39, 0.29) is 0 Å². The standard InChI is InChI=1S/C14H23N3S/c1-8(2)15-14(18)17-16-13-11-4-9-3-10(6-11)7-12(13)5-9/h8-12H,3-7H2,1-2H3,(H2,15,17,18). The molecule has 0 spiro atoms. The Bertz CT molecular complexity index is 345. The van der Waals surface area contributed by atoms with Crippen molar-refractivity contribution in [3.05, 3.63) is 0 Å². The zero-order chi connectivity index (χ0) is 12.7. The monoisotopic (exact) mass is 265 g/mol. The fraction of sp³-hybridized carbons (Fsp3) is 0.857. The Balaban J connectivity index is 1.64. The first-order chi connectivity index (χ1) is 8.61. The summed E-state index contributed by atoms with van der Waals surface area (Å²) < 4.78 is 0. The summed E-state index contributed by atoms with van der Waals surface area (Å²) in [4.78, 5) is 0. The van der Waals surface area contributed by atoms with Gasteiger partial charge in [-0.1, -0.05) is 0 Å². The summed E-state index contributed by atoms with van der Waals surface area (Å²) in [5.41, 5.74) is 4.46. The van der Waals surface area contributed by atoms with E-state index in [1.807, 2.05) is 0 Å². The van der Waals surface area contributed by atoms with Crippen molar-refractivity contribution in [1.82, 2.24) is 10.7 Å². The molecule has 0 aromatic rings. The van der Waals surface area contributed by atoms with E-state index < -0.39 is 0 Å². The highest BCUT2D eigenvalue weighted by molar-refractivity contribution is 7.80. The van der Waals surface area contributed by atoms with Gasteiger partial charge >= 0.3 is 0 Å². The summed E-state index contributed by atoms with van der Waals surface area (Å²) in [6.07, 6.45) is 6.98. The van der Waals surface area contributed by atoms with Crippen LogP contribution in [0.1, 0.15) is 46.0 Å². The predicted octanol–water partition coefficient (Wildman–Crippen LogP) is 2.67. The largest absolute Gasteiger partial charge is 0.359 e. The van der Waals surface area contributed by atoms with Gasteiger partial charge in [0.2, 0.25) is 0 Å². The molecule has 3 nitrogen and oxygen atoms in total. The van der Waals surface area contributed by atoms with E-state index in [2.05, 4.69) is 29.7 Å². The lowest BCUT2D eigenvalue weighted by molar-refractivity contribution is 0.108. The molecule has 4 fully saturated rings. The van der Waals surface area contributed by atoms with Crippen molar-refractivity contribution >= 4 is 23.0 Å². The maximum Gasteiger partial charge on any atom is 0.187 e. The van der Waals surface area contributed by atoms with Crippen molar-refractivity contribution in [2.75, 3.05) is 0 Å². The first-order valence-corrected chi connectivity index (χ1v) is 7.66. The van der Waals surface area contributed by atoms with Crippen LogP contribution in [0.25, 0.3) is 0 Å². The van der Waals surface area contributed by atoms with Gasteiger partial charge in [0.25, 0.3) is 0 Å². The van der Waals surface area contributed by atoms with E-state index >= 15 is 0 Å². The molecule has 0 atom stereocenters. The third-order valence-electron chi connectivity index (χ3n) is 4.68. The van der Waals surface area contributed by atoms with Gasteiger partial charge in [0.1, 0.15) is 0 Å². The van der Waals surface area contributed by atoms with Gasteiger partial charge in [-0.15, -0.1) is 0 Å². The number of hydrogen-bond donors (Lipinski definition) is 2. The number of hydrazone groups is 1. The quantitative estimate of drug-likeness (QED) is 0.595. The van der Waals surface area contributed by atoms with Gasteiger partial charge in [-0.2, -0.15) is 5.10 Å². The van der Waals surface area contributed by atoms with Gasteiger partial charge in [-0.25, -0.2) is 0 Å². The number of nitrogens with one attached hydrogen (secondary N) is 2. The number of hydrogen-bond acceptors (Lipinski definition) is 2. The van der Waals surface area contributed by atoms with Gasteiger partial charge in [-0.3, -0.25) is 5.43 Å². The smallest absolute Gasteiger partial charge is 0.187 e. The SMILES string of the molecule is CC(C)NC(=S)NN=C1C2CC3CC(C2)CC1C3. The lowest BCUT2D eigenvalue weighted by Crippen LogP contribution is -2.47. The van der Waals surface area contributed by atoms with Crippen LogP contribution in [0.15, 0.2) is 5.10 Å². The lowest BCUT2D eigenvalue weighted by Gasteiger charge is -2.50. The minimum Gasteiger partial charge on any atom is -0.359 e. The van der Waals surface area contributed by atoms with Crippen molar-refractivity contribution in [3.63, 3.8) is 0 Å². The average molecular weight is 265 g/mol. The van der Waals surface area contributed by atoms with E-state index in [0.717, 1.165) is 23.7 Å². The number of thiocarbonyl (C=S) groups is 1. The van der Waals surface area contributed by atoms with Crippen LogP contribution in [0.4, 0.5) is 0 Å². The van der Waals surface area contributed by atoms with Crippen LogP contribution in [-0.2, 0) is 0 Å². The maximum absolute atomic E-state index is 5.23. The second-order valence-corrected chi connectivity index (χ2v) is 6.99. The molecule has 0 aromatic carbocycles. The number of rotatable bonds is 2. The fourth-order valence-electron chi connectivity index (χ4n) is 4.26. The van der Waals surface area contributed by atoms with Gasteiger partial charge < -0.3 is 5.32 Å². The van der Waals surface area contributed by atoms with Crippen molar-refractivity contribution in [3.8, 4) is 0 Å². The summed E-state index contributed by atoms with van der Waals surface area (Å²) in [7, 11) is 0. The summed E-state index contributed by atoms with van der Waals surface area (Å²) in [6.45, 7) is 4.17. The maximum atomic E-state index is 5.23. The van der Waals surface area contributed by atoms with Gasteiger partial charge in [-0.05, 0) is 81.8 Å². The van der Waals surface area contributed by atoms with Gasteiger partial charge in [0.15, 0.2) is 5.11 Å². The Morgan fingerprint density at radius 2 is 1.67 bits per heavy atom. The third-order valence-corrected chi connectivity index (χ3v) is 4.89. The molecule has 0 saturated heterocycles. The van der Waals surface area contributed by atoms with Crippen LogP contribution >= 0.6 is 12.2 Å². The second kappa shape index (κ2) is 4.80. The Morgan fingerprint density at radius 1 is 1.11 bits per heavy atom. The molecule has 0 aliphatic heterocycles. The highest BCUT2D eigenvalue weighted by Crippen LogP contribution is 2.52. The Kier molecular flexibility index (Phi) is 3.31. The molecule has 4 heteroatoms. The molecular weight excluding hydrogens is 242 g/mol. The molecule has 0 heterocycles. The summed E-state index contributed by atoms with van der Waals surface area (Å²) in [6, 6.07) is 0.365. The van der Waals surface area contributed by atoms with Crippen LogP contribution in [0.2, 0.25) is 0 Å². The fourth-order valence-corrected chi connectivity index (χ4v) is 4.54. The molecule has 4 bridgehead atoms. The molecule has 0 aromatic heterocycles. The van der Waals surface area contributed by atoms with E-state index in [0.29, 0.717) is 11.2 Å². The molecule has 18 heavy (non-hydrogen) atoms. The molecular formula is C14H23N3S. The van der Waals surface area contributed by atoms with Crippen LogP contribution in [0.3, 0.4) is 0 Å². The summed E-state index contributed by atoms with van der Waals surface area (Å²) in [5.74, 6) is 3.48. The van der Waals surface area contributed by atoms with Crippen LogP contribution in [0.5, 0.6) is 0 Å². The molecule has 0 unspecified atom stereocenters. The highest BCUT2D eigenvalue weighted by Gasteiger charge is 2.46. The van der Waals surface area contributed by atoms with Crippen molar-refractivity contribution in [2.45, 2.75) is 52.0 Å². The number of nitrogens with zero attached hydrogens (tertiary/aromatic N) is 1. The van der Waals surface area contributed by atoms with E-state index in [1.54, 1.807) is 0 Å². The molecule has 2 N–H and O–H groups in total. The Morgan fingerprint density at radius 3 is 2.17 bits per heavy atom. The zero-order valence-corrected chi connectivity index (χ0v) is 12.1. The van der Waals surface area contributed by atoms with E-state index in [1.165, 1.54) is 37.8 Å². The van der Waals surface area contributed by atoms with Gasteiger partial charge in [0, 0.05) is 11.8 Å². The highest BCUT2D eigenvalue weighted by atomic mass is 32.1. The van der Waals surface area contributed by atoms with Crippen molar-refractivity contribution in [2.24, 2.45) is 28.8 Å². The molecule has 100 valence electrons. The molecule has 4 aliphatic rings. The van der Waals surface area contributed by atoms with Crippen molar-refractivity contribution < 1.29 is 0 Å². The second-order valence-electron chi connectivity index (χ2n) is 6.58. The molecule has 4 saturated carbocycles. The summed E-state index contributed by atoms with van der Waals surface area (Å²) >= 11 is 5.23. The zero-order valence-electron chi connectivity index (χ0n) is 11.3. The molecule has 0 amide bonds.